The summed E-state index contributed by atoms with van der Waals surface area (Å²) in [5.74, 6) is 0. The molecule has 0 radical (unpaired) electrons. The van der Waals surface area contributed by atoms with Gasteiger partial charge in [-0.05, 0) is 6.92 Å². The van der Waals surface area contributed by atoms with Crippen molar-refractivity contribution in [2.24, 2.45) is 0 Å². The van der Waals surface area contributed by atoms with E-state index in [2.05, 4.69) is 17.9 Å². The van der Waals surface area contributed by atoms with Crippen LogP contribution in [-0.4, -0.2) is 50.5 Å². The first-order chi connectivity index (χ1) is 6.27. The Morgan fingerprint density at radius 2 is 2.54 bits per heavy atom. The second-order valence-electron chi connectivity index (χ2n) is 3.29. The molecule has 1 aliphatic rings. The highest BCUT2D eigenvalue weighted by Gasteiger charge is 2.23. The lowest BCUT2D eigenvalue weighted by Gasteiger charge is -2.33. The third kappa shape index (κ3) is 2.96. The van der Waals surface area contributed by atoms with E-state index in [1.54, 1.807) is 7.11 Å². The fourth-order valence-electron chi connectivity index (χ4n) is 1.49. The normalized spacial score (nSPS) is 26.7. The van der Waals surface area contributed by atoms with Gasteiger partial charge in [0.05, 0.1) is 19.3 Å². The first-order valence-corrected chi connectivity index (χ1v) is 4.52. The SMILES string of the molecule is COCC(C)N1CCOC(C#N)C1. The van der Waals surface area contributed by atoms with Gasteiger partial charge in [0.2, 0.25) is 0 Å². The molecule has 2 unspecified atom stereocenters. The number of morpholine rings is 1. The molecule has 0 bridgehead atoms. The standard InChI is InChI=1S/C9H16N2O2/c1-8(7-12-2)11-3-4-13-9(5-10)6-11/h8-9H,3-4,6-7H2,1-2H3. The van der Waals surface area contributed by atoms with Crippen LogP contribution in [0.15, 0.2) is 0 Å². The van der Waals surface area contributed by atoms with Crippen molar-refractivity contribution in [3.63, 3.8) is 0 Å². The number of methoxy groups -OCH3 is 1. The van der Waals surface area contributed by atoms with E-state index in [0.29, 0.717) is 25.8 Å². The Morgan fingerprint density at radius 1 is 1.77 bits per heavy atom. The van der Waals surface area contributed by atoms with Gasteiger partial charge in [-0.1, -0.05) is 0 Å². The molecule has 0 N–H and O–H groups in total. The molecule has 0 aromatic carbocycles. The first kappa shape index (κ1) is 10.5. The molecule has 1 saturated heterocycles. The molecule has 1 aliphatic heterocycles. The molecule has 74 valence electrons. The highest BCUT2D eigenvalue weighted by Crippen LogP contribution is 2.08. The summed E-state index contributed by atoms with van der Waals surface area (Å²) in [5, 5.41) is 8.69. The molecule has 1 heterocycles. The molecule has 0 saturated carbocycles. The summed E-state index contributed by atoms with van der Waals surface area (Å²) in [4.78, 5) is 2.22. The van der Waals surface area contributed by atoms with Gasteiger partial charge in [-0.25, -0.2) is 0 Å². The van der Waals surface area contributed by atoms with Crippen molar-refractivity contribution < 1.29 is 9.47 Å². The zero-order valence-electron chi connectivity index (χ0n) is 8.19. The number of rotatable bonds is 3. The summed E-state index contributed by atoms with van der Waals surface area (Å²) in [5.41, 5.74) is 0. The van der Waals surface area contributed by atoms with Crippen molar-refractivity contribution in [2.45, 2.75) is 19.1 Å². The summed E-state index contributed by atoms with van der Waals surface area (Å²) >= 11 is 0. The average Bonchev–Trinajstić information content (AvgIpc) is 2.18. The summed E-state index contributed by atoms with van der Waals surface area (Å²) < 4.78 is 10.3. The van der Waals surface area contributed by atoms with E-state index in [4.69, 9.17) is 14.7 Å². The van der Waals surface area contributed by atoms with E-state index in [-0.39, 0.29) is 6.10 Å². The summed E-state index contributed by atoms with van der Waals surface area (Å²) in [6.07, 6.45) is -0.270. The highest BCUT2D eigenvalue weighted by atomic mass is 16.5. The molecule has 1 rings (SSSR count). The van der Waals surface area contributed by atoms with Gasteiger partial charge in [0, 0.05) is 26.2 Å². The van der Waals surface area contributed by atoms with Crippen molar-refractivity contribution >= 4 is 0 Å². The number of ether oxygens (including phenoxy) is 2. The van der Waals surface area contributed by atoms with Crippen LogP contribution in [0.3, 0.4) is 0 Å². The Labute approximate surface area is 79.0 Å². The quantitative estimate of drug-likeness (QED) is 0.630. The first-order valence-electron chi connectivity index (χ1n) is 4.52. The van der Waals surface area contributed by atoms with Crippen LogP contribution in [0.25, 0.3) is 0 Å². The molecule has 0 aromatic heterocycles. The van der Waals surface area contributed by atoms with Gasteiger partial charge in [0.15, 0.2) is 6.10 Å². The number of nitriles is 1. The lowest BCUT2D eigenvalue weighted by Crippen LogP contribution is -2.47. The molecule has 0 aliphatic carbocycles. The van der Waals surface area contributed by atoms with Crippen molar-refractivity contribution in [2.75, 3.05) is 33.4 Å². The maximum atomic E-state index is 8.69. The molecule has 0 spiro atoms. The van der Waals surface area contributed by atoms with Gasteiger partial charge in [-0.15, -0.1) is 0 Å². The Hall–Kier alpha value is -0.630. The van der Waals surface area contributed by atoms with Crippen LogP contribution in [0.2, 0.25) is 0 Å². The molecule has 4 nitrogen and oxygen atoms in total. The number of hydrogen-bond acceptors (Lipinski definition) is 4. The van der Waals surface area contributed by atoms with Crippen LogP contribution >= 0.6 is 0 Å². The van der Waals surface area contributed by atoms with Crippen molar-refractivity contribution in [3.8, 4) is 6.07 Å². The van der Waals surface area contributed by atoms with Crippen molar-refractivity contribution in [1.29, 1.82) is 5.26 Å². The fraction of sp³-hybridized carbons (Fsp3) is 0.889. The van der Waals surface area contributed by atoms with Gasteiger partial charge >= 0.3 is 0 Å². The van der Waals surface area contributed by atoms with Gasteiger partial charge < -0.3 is 9.47 Å². The Bertz CT molecular complexity index is 191. The Kier molecular flexibility index (Phi) is 4.16. The second kappa shape index (κ2) is 5.18. The van der Waals surface area contributed by atoms with Crippen molar-refractivity contribution in [1.82, 2.24) is 4.90 Å². The molecular weight excluding hydrogens is 168 g/mol. The van der Waals surface area contributed by atoms with E-state index in [1.807, 2.05) is 0 Å². The molecule has 1 fully saturated rings. The largest absolute Gasteiger partial charge is 0.383 e. The predicted molar refractivity (Wildman–Crippen MR) is 48.3 cm³/mol. The lowest BCUT2D eigenvalue weighted by atomic mass is 10.2. The molecular formula is C9H16N2O2. The van der Waals surface area contributed by atoms with Crippen LogP contribution in [0, 0.1) is 11.3 Å². The predicted octanol–water partition coefficient (Wildman–Crippen LogP) is 0.246. The maximum absolute atomic E-state index is 8.69. The summed E-state index contributed by atoms with van der Waals surface area (Å²) in [7, 11) is 1.69. The van der Waals surface area contributed by atoms with Gasteiger partial charge in [0.1, 0.15) is 0 Å². The average molecular weight is 184 g/mol. The molecule has 0 aromatic rings. The topological polar surface area (TPSA) is 45.5 Å². The summed E-state index contributed by atoms with van der Waals surface area (Å²) in [6, 6.07) is 2.49. The minimum absolute atomic E-state index is 0.270. The minimum atomic E-state index is -0.270. The smallest absolute Gasteiger partial charge is 0.156 e. The minimum Gasteiger partial charge on any atom is -0.383 e. The van der Waals surface area contributed by atoms with E-state index < -0.39 is 0 Å². The van der Waals surface area contributed by atoms with E-state index in [1.165, 1.54) is 0 Å². The van der Waals surface area contributed by atoms with Crippen LogP contribution in [0.4, 0.5) is 0 Å². The summed E-state index contributed by atoms with van der Waals surface area (Å²) in [6.45, 7) is 5.04. The van der Waals surface area contributed by atoms with Crippen LogP contribution < -0.4 is 0 Å². The number of nitrogens with zero attached hydrogens (tertiary/aromatic N) is 2. The maximum Gasteiger partial charge on any atom is 0.156 e. The van der Waals surface area contributed by atoms with E-state index >= 15 is 0 Å². The van der Waals surface area contributed by atoms with Crippen LogP contribution in [0.1, 0.15) is 6.92 Å². The van der Waals surface area contributed by atoms with Gasteiger partial charge in [0.25, 0.3) is 0 Å². The third-order valence-corrected chi connectivity index (χ3v) is 2.27. The van der Waals surface area contributed by atoms with Crippen molar-refractivity contribution in [3.05, 3.63) is 0 Å². The number of hydrogen-bond donors (Lipinski definition) is 0. The zero-order chi connectivity index (χ0) is 9.68. The second-order valence-corrected chi connectivity index (χ2v) is 3.29. The van der Waals surface area contributed by atoms with Gasteiger partial charge in [-0.2, -0.15) is 5.26 Å². The fourth-order valence-corrected chi connectivity index (χ4v) is 1.49. The Morgan fingerprint density at radius 3 is 3.15 bits per heavy atom. The lowest BCUT2D eigenvalue weighted by molar-refractivity contribution is -0.0268. The van der Waals surface area contributed by atoms with Crippen LogP contribution in [-0.2, 0) is 9.47 Å². The molecule has 0 amide bonds. The van der Waals surface area contributed by atoms with Crippen LogP contribution in [0.5, 0.6) is 0 Å². The molecule has 2 atom stereocenters. The zero-order valence-corrected chi connectivity index (χ0v) is 8.19. The molecule has 13 heavy (non-hydrogen) atoms. The van der Waals surface area contributed by atoms with E-state index in [0.717, 1.165) is 6.54 Å². The molecule has 4 heteroatoms. The third-order valence-electron chi connectivity index (χ3n) is 2.27. The Balaban J connectivity index is 2.37. The highest BCUT2D eigenvalue weighted by molar-refractivity contribution is 4.90. The van der Waals surface area contributed by atoms with E-state index in [9.17, 15) is 0 Å². The van der Waals surface area contributed by atoms with Gasteiger partial charge in [-0.3, -0.25) is 4.90 Å². The monoisotopic (exact) mass is 184 g/mol.